The molecule has 0 fully saturated rings. The van der Waals surface area contributed by atoms with Crippen molar-refractivity contribution in [2.24, 2.45) is 5.73 Å². The van der Waals surface area contributed by atoms with E-state index < -0.39 is 6.09 Å². The summed E-state index contributed by atoms with van der Waals surface area (Å²) >= 11 is 0. The molecule has 0 heterocycles. The molecule has 0 radical (unpaired) electrons. The SMILES string of the molecule is COCC(CN)NC(=O)O. The monoisotopic (exact) mass is 148 g/mol. The molecular weight excluding hydrogens is 136 g/mol. The molecule has 1 atom stereocenters. The van der Waals surface area contributed by atoms with Crippen LogP contribution in [0.3, 0.4) is 0 Å². The van der Waals surface area contributed by atoms with Crippen LogP contribution in [0, 0.1) is 0 Å². The van der Waals surface area contributed by atoms with Crippen LogP contribution in [0.2, 0.25) is 0 Å². The highest BCUT2D eigenvalue weighted by Crippen LogP contribution is 1.80. The maximum atomic E-state index is 10.0. The lowest BCUT2D eigenvalue weighted by Gasteiger charge is -2.12. The number of carbonyl (C=O) groups is 1. The quantitative estimate of drug-likeness (QED) is 0.488. The second-order valence-electron chi connectivity index (χ2n) is 1.84. The smallest absolute Gasteiger partial charge is 0.405 e. The Hall–Kier alpha value is -0.810. The molecule has 1 unspecified atom stereocenters. The van der Waals surface area contributed by atoms with E-state index in [1.165, 1.54) is 7.11 Å². The summed E-state index contributed by atoms with van der Waals surface area (Å²) in [5, 5.41) is 10.4. The van der Waals surface area contributed by atoms with Crippen molar-refractivity contribution in [3.63, 3.8) is 0 Å². The van der Waals surface area contributed by atoms with Gasteiger partial charge >= 0.3 is 6.09 Å². The van der Waals surface area contributed by atoms with Crippen LogP contribution >= 0.6 is 0 Å². The number of methoxy groups -OCH3 is 1. The fourth-order valence-electron chi connectivity index (χ4n) is 0.544. The molecule has 10 heavy (non-hydrogen) atoms. The van der Waals surface area contributed by atoms with E-state index in [1.807, 2.05) is 0 Å². The Labute approximate surface area is 59.2 Å². The first-order chi connectivity index (χ1) is 4.70. The number of hydrogen-bond donors (Lipinski definition) is 3. The molecule has 60 valence electrons. The maximum absolute atomic E-state index is 10.0. The van der Waals surface area contributed by atoms with E-state index in [4.69, 9.17) is 10.8 Å². The highest BCUT2D eigenvalue weighted by Gasteiger charge is 2.07. The largest absolute Gasteiger partial charge is 0.465 e. The molecule has 0 aromatic heterocycles. The Morgan fingerprint density at radius 1 is 1.90 bits per heavy atom. The molecular formula is C5H12N2O3. The molecule has 0 aromatic rings. The molecule has 1 amide bonds. The first-order valence-electron chi connectivity index (χ1n) is 2.89. The van der Waals surface area contributed by atoms with Gasteiger partial charge in [0.1, 0.15) is 0 Å². The highest BCUT2D eigenvalue weighted by atomic mass is 16.5. The first kappa shape index (κ1) is 9.19. The first-order valence-corrected chi connectivity index (χ1v) is 2.89. The Bertz CT molecular complexity index is 107. The van der Waals surface area contributed by atoms with Gasteiger partial charge in [-0.15, -0.1) is 0 Å². The number of carboxylic acid groups (broad SMARTS) is 1. The van der Waals surface area contributed by atoms with Crippen LogP contribution in [0.5, 0.6) is 0 Å². The third-order valence-corrected chi connectivity index (χ3v) is 0.980. The lowest BCUT2D eigenvalue weighted by atomic mass is 10.3. The van der Waals surface area contributed by atoms with Crippen molar-refractivity contribution in [2.45, 2.75) is 6.04 Å². The third-order valence-electron chi connectivity index (χ3n) is 0.980. The van der Waals surface area contributed by atoms with Gasteiger partial charge in [0.05, 0.1) is 12.6 Å². The van der Waals surface area contributed by atoms with Crippen LogP contribution < -0.4 is 11.1 Å². The fraction of sp³-hybridized carbons (Fsp3) is 0.800. The van der Waals surface area contributed by atoms with Gasteiger partial charge in [0, 0.05) is 13.7 Å². The highest BCUT2D eigenvalue weighted by molar-refractivity contribution is 5.64. The van der Waals surface area contributed by atoms with Gasteiger partial charge in [-0.1, -0.05) is 0 Å². The van der Waals surface area contributed by atoms with Crippen LogP contribution in [0.1, 0.15) is 0 Å². The Morgan fingerprint density at radius 3 is 2.80 bits per heavy atom. The molecule has 0 aromatic carbocycles. The van der Waals surface area contributed by atoms with Crippen molar-refractivity contribution in [1.29, 1.82) is 0 Å². The van der Waals surface area contributed by atoms with Gasteiger partial charge < -0.3 is 20.9 Å². The Kier molecular flexibility index (Phi) is 4.61. The molecule has 0 spiro atoms. The second-order valence-corrected chi connectivity index (χ2v) is 1.84. The maximum Gasteiger partial charge on any atom is 0.405 e. The minimum atomic E-state index is -1.08. The molecule has 0 rings (SSSR count). The van der Waals surface area contributed by atoms with Gasteiger partial charge in [-0.05, 0) is 0 Å². The number of amides is 1. The molecule has 5 heteroatoms. The van der Waals surface area contributed by atoms with Crippen LogP contribution in [0.15, 0.2) is 0 Å². The predicted molar refractivity (Wildman–Crippen MR) is 35.9 cm³/mol. The van der Waals surface area contributed by atoms with Gasteiger partial charge in [-0.2, -0.15) is 0 Å². The summed E-state index contributed by atoms with van der Waals surface area (Å²) in [5.41, 5.74) is 5.20. The van der Waals surface area contributed by atoms with Crippen LogP contribution in [-0.4, -0.2) is 37.5 Å². The molecule has 0 saturated heterocycles. The molecule has 0 aliphatic heterocycles. The normalized spacial score (nSPS) is 12.6. The van der Waals surface area contributed by atoms with Crippen molar-refractivity contribution in [2.75, 3.05) is 20.3 Å². The van der Waals surface area contributed by atoms with E-state index in [1.54, 1.807) is 0 Å². The van der Waals surface area contributed by atoms with Gasteiger partial charge in [0.15, 0.2) is 0 Å². The topological polar surface area (TPSA) is 84.6 Å². The Balaban J connectivity index is 3.49. The van der Waals surface area contributed by atoms with Crippen molar-refractivity contribution in [3.8, 4) is 0 Å². The average molecular weight is 148 g/mol. The van der Waals surface area contributed by atoms with Crippen molar-refractivity contribution < 1.29 is 14.6 Å². The molecule has 0 bridgehead atoms. The summed E-state index contributed by atoms with van der Waals surface area (Å²) in [4.78, 5) is 10.0. The summed E-state index contributed by atoms with van der Waals surface area (Å²) < 4.78 is 4.69. The van der Waals surface area contributed by atoms with Crippen LogP contribution in [0.25, 0.3) is 0 Å². The van der Waals surface area contributed by atoms with Gasteiger partial charge in [0.2, 0.25) is 0 Å². The number of nitrogens with two attached hydrogens (primary N) is 1. The molecule has 0 aliphatic carbocycles. The minimum absolute atomic E-state index is 0.250. The summed E-state index contributed by atoms with van der Waals surface area (Å²) in [5.74, 6) is 0. The van der Waals surface area contributed by atoms with Gasteiger partial charge in [-0.3, -0.25) is 0 Å². The van der Waals surface area contributed by atoms with E-state index in [-0.39, 0.29) is 12.6 Å². The zero-order valence-corrected chi connectivity index (χ0v) is 5.83. The molecule has 0 saturated carbocycles. The fourth-order valence-corrected chi connectivity index (χ4v) is 0.544. The van der Waals surface area contributed by atoms with Gasteiger partial charge in [0.25, 0.3) is 0 Å². The minimum Gasteiger partial charge on any atom is -0.465 e. The van der Waals surface area contributed by atoms with Crippen molar-refractivity contribution >= 4 is 6.09 Å². The van der Waals surface area contributed by atoms with Crippen molar-refractivity contribution in [3.05, 3.63) is 0 Å². The molecule has 4 N–H and O–H groups in total. The zero-order valence-electron chi connectivity index (χ0n) is 5.83. The van der Waals surface area contributed by atoms with E-state index >= 15 is 0 Å². The lowest BCUT2D eigenvalue weighted by Crippen LogP contribution is -2.42. The summed E-state index contributed by atoms with van der Waals surface area (Å²) in [7, 11) is 1.49. The average Bonchev–Trinajstić information content (AvgIpc) is 1.86. The van der Waals surface area contributed by atoms with E-state index in [2.05, 4.69) is 10.1 Å². The lowest BCUT2D eigenvalue weighted by molar-refractivity contribution is 0.153. The van der Waals surface area contributed by atoms with Gasteiger partial charge in [-0.25, -0.2) is 4.79 Å². The molecule has 5 nitrogen and oxygen atoms in total. The summed E-state index contributed by atoms with van der Waals surface area (Å²) in [6.45, 7) is 0.558. The summed E-state index contributed by atoms with van der Waals surface area (Å²) in [6.07, 6.45) is -1.08. The van der Waals surface area contributed by atoms with Crippen LogP contribution in [0.4, 0.5) is 4.79 Å². The van der Waals surface area contributed by atoms with E-state index in [9.17, 15) is 4.79 Å². The third kappa shape index (κ3) is 4.11. The Morgan fingerprint density at radius 2 is 2.50 bits per heavy atom. The number of nitrogens with one attached hydrogen (secondary N) is 1. The van der Waals surface area contributed by atoms with Crippen molar-refractivity contribution in [1.82, 2.24) is 5.32 Å². The standard InChI is InChI=1S/C5H12N2O3/c1-10-3-4(2-6)7-5(8)9/h4,7H,2-3,6H2,1H3,(H,8,9). The van der Waals surface area contributed by atoms with Crippen LogP contribution in [-0.2, 0) is 4.74 Å². The van der Waals surface area contributed by atoms with E-state index in [0.717, 1.165) is 0 Å². The number of rotatable bonds is 4. The second kappa shape index (κ2) is 5.01. The van der Waals surface area contributed by atoms with E-state index in [0.29, 0.717) is 6.61 Å². The number of hydrogen-bond acceptors (Lipinski definition) is 3. The predicted octanol–water partition coefficient (Wildman–Crippen LogP) is -0.772. The molecule has 0 aliphatic rings. The zero-order chi connectivity index (χ0) is 7.98. The number of ether oxygens (including phenoxy) is 1. The summed E-state index contributed by atoms with van der Waals surface area (Å²) in [6, 6.07) is -0.303.